The first-order valence-corrected chi connectivity index (χ1v) is 6.10. The van der Waals surface area contributed by atoms with Gasteiger partial charge in [-0.25, -0.2) is 0 Å². The second-order valence-electron chi connectivity index (χ2n) is 2.98. The van der Waals surface area contributed by atoms with Crippen molar-refractivity contribution in [1.82, 2.24) is 10.6 Å². The molecule has 2 nitrogen and oxygen atoms in total. The van der Waals surface area contributed by atoms with Gasteiger partial charge in [-0.2, -0.15) is 0 Å². The first kappa shape index (κ1) is 12.3. The summed E-state index contributed by atoms with van der Waals surface area (Å²) in [6.07, 6.45) is 1.12. The summed E-state index contributed by atoms with van der Waals surface area (Å²) in [4.78, 5) is 0. The molecule has 0 spiro atoms. The van der Waals surface area contributed by atoms with Crippen LogP contribution in [0.25, 0.3) is 0 Å². The minimum Gasteiger partial charge on any atom is -0.320 e. The van der Waals surface area contributed by atoms with Crippen LogP contribution in [0.3, 0.4) is 0 Å². The van der Waals surface area contributed by atoms with Gasteiger partial charge < -0.3 is 10.6 Å². The maximum absolute atomic E-state index is 5.97. The topological polar surface area (TPSA) is 24.1 Å². The van der Waals surface area contributed by atoms with E-state index in [-0.39, 0.29) is 0 Å². The molecule has 0 atom stereocenters. The third-order valence-corrected chi connectivity index (χ3v) is 3.39. The number of thiophene rings is 1. The van der Waals surface area contributed by atoms with Gasteiger partial charge in [-0.3, -0.25) is 0 Å². The Morgan fingerprint density at radius 3 is 2.71 bits per heavy atom. The zero-order chi connectivity index (χ0) is 10.4. The van der Waals surface area contributed by atoms with Crippen molar-refractivity contribution in [2.75, 3.05) is 20.1 Å². The number of halogens is 2. The van der Waals surface area contributed by atoms with Crippen LogP contribution in [0.2, 0.25) is 8.67 Å². The fraction of sp³-hybridized carbons (Fsp3) is 0.556. The molecule has 2 N–H and O–H groups in total. The molecule has 0 aliphatic rings. The van der Waals surface area contributed by atoms with Crippen LogP contribution >= 0.6 is 34.5 Å². The van der Waals surface area contributed by atoms with Crippen molar-refractivity contribution in [3.8, 4) is 0 Å². The Labute approximate surface area is 98.6 Å². The summed E-state index contributed by atoms with van der Waals surface area (Å²) < 4.78 is 1.54. The number of nitrogens with one attached hydrogen (secondary N) is 2. The summed E-state index contributed by atoms with van der Waals surface area (Å²) in [5.41, 5.74) is 1.09. The Balaban J connectivity index is 2.21. The predicted molar refractivity (Wildman–Crippen MR) is 64.6 cm³/mol. The SMILES string of the molecule is CNCCCNCc1cc(Cl)sc1Cl. The highest BCUT2D eigenvalue weighted by Gasteiger charge is 2.04. The molecule has 1 heterocycles. The molecule has 0 saturated carbocycles. The lowest BCUT2D eigenvalue weighted by Crippen LogP contribution is -2.19. The fourth-order valence-electron chi connectivity index (χ4n) is 1.11. The minimum atomic E-state index is 0.752. The molecule has 14 heavy (non-hydrogen) atoms. The monoisotopic (exact) mass is 252 g/mol. The van der Waals surface area contributed by atoms with E-state index in [9.17, 15) is 0 Å². The molecule has 0 aromatic carbocycles. The zero-order valence-electron chi connectivity index (χ0n) is 8.07. The van der Waals surface area contributed by atoms with E-state index in [0.717, 1.165) is 40.3 Å². The smallest absolute Gasteiger partial charge is 0.0989 e. The first-order valence-electron chi connectivity index (χ1n) is 4.53. The summed E-state index contributed by atoms with van der Waals surface area (Å²) in [6.45, 7) is 2.82. The highest BCUT2D eigenvalue weighted by molar-refractivity contribution is 7.20. The standard InChI is InChI=1S/C9H14Cl2N2S/c1-12-3-2-4-13-6-7-5-8(10)14-9(7)11/h5,12-13H,2-4,6H2,1H3. The fourth-order valence-corrected chi connectivity index (χ4v) is 2.60. The van der Waals surface area contributed by atoms with E-state index < -0.39 is 0 Å². The van der Waals surface area contributed by atoms with Crippen LogP contribution in [0.1, 0.15) is 12.0 Å². The van der Waals surface area contributed by atoms with Crippen molar-refractivity contribution in [3.05, 3.63) is 20.3 Å². The molecule has 5 heteroatoms. The normalized spacial score (nSPS) is 10.8. The van der Waals surface area contributed by atoms with Crippen molar-refractivity contribution in [2.24, 2.45) is 0 Å². The van der Waals surface area contributed by atoms with E-state index in [1.807, 2.05) is 13.1 Å². The summed E-state index contributed by atoms with van der Waals surface area (Å²) in [7, 11) is 1.95. The molecule has 1 aromatic heterocycles. The van der Waals surface area contributed by atoms with Crippen LogP contribution in [0.4, 0.5) is 0 Å². The summed E-state index contributed by atoms with van der Waals surface area (Å²) in [5.74, 6) is 0. The van der Waals surface area contributed by atoms with E-state index in [2.05, 4.69) is 10.6 Å². The van der Waals surface area contributed by atoms with Gasteiger partial charge in [-0.05, 0) is 38.2 Å². The van der Waals surface area contributed by atoms with Gasteiger partial charge in [0.2, 0.25) is 0 Å². The molecule has 80 valence electrons. The Kier molecular flexibility index (Phi) is 5.82. The Morgan fingerprint density at radius 2 is 2.14 bits per heavy atom. The summed E-state index contributed by atoms with van der Waals surface area (Å²) in [5, 5.41) is 6.41. The predicted octanol–water partition coefficient (Wildman–Crippen LogP) is 2.75. The lowest BCUT2D eigenvalue weighted by molar-refractivity contribution is 0.626. The van der Waals surface area contributed by atoms with Crippen molar-refractivity contribution in [2.45, 2.75) is 13.0 Å². The van der Waals surface area contributed by atoms with E-state index in [1.165, 1.54) is 11.3 Å². The lowest BCUT2D eigenvalue weighted by Gasteiger charge is -2.02. The third kappa shape index (κ3) is 4.15. The quantitative estimate of drug-likeness (QED) is 0.762. The van der Waals surface area contributed by atoms with E-state index >= 15 is 0 Å². The van der Waals surface area contributed by atoms with Gasteiger partial charge in [0.25, 0.3) is 0 Å². The van der Waals surface area contributed by atoms with Crippen molar-refractivity contribution >= 4 is 34.5 Å². The minimum absolute atomic E-state index is 0.752. The largest absolute Gasteiger partial charge is 0.320 e. The molecule has 1 aromatic rings. The van der Waals surface area contributed by atoms with Crippen LogP contribution in [-0.2, 0) is 6.54 Å². The van der Waals surface area contributed by atoms with E-state index in [1.54, 1.807) is 0 Å². The zero-order valence-corrected chi connectivity index (χ0v) is 10.4. The van der Waals surface area contributed by atoms with Gasteiger partial charge in [0, 0.05) is 6.54 Å². The molecule has 0 fully saturated rings. The average Bonchev–Trinajstić information content (AvgIpc) is 2.45. The number of rotatable bonds is 6. The number of hydrogen-bond acceptors (Lipinski definition) is 3. The van der Waals surface area contributed by atoms with Gasteiger partial charge in [-0.1, -0.05) is 23.2 Å². The van der Waals surface area contributed by atoms with E-state index in [0.29, 0.717) is 0 Å². The molecular weight excluding hydrogens is 239 g/mol. The molecular formula is C9H14Cl2N2S. The van der Waals surface area contributed by atoms with Crippen LogP contribution in [0, 0.1) is 0 Å². The van der Waals surface area contributed by atoms with Crippen molar-refractivity contribution in [3.63, 3.8) is 0 Å². The molecule has 0 radical (unpaired) electrons. The van der Waals surface area contributed by atoms with Gasteiger partial charge in [0.05, 0.1) is 8.67 Å². The average molecular weight is 253 g/mol. The third-order valence-electron chi connectivity index (χ3n) is 1.82. The Hall–Kier alpha value is 0.200. The molecule has 1 rings (SSSR count). The Bertz CT molecular complexity index is 276. The van der Waals surface area contributed by atoms with Crippen LogP contribution < -0.4 is 10.6 Å². The highest BCUT2D eigenvalue weighted by Crippen LogP contribution is 2.30. The lowest BCUT2D eigenvalue weighted by atomic mass is 10.3. The van der Waals surface area contributed by atoms with Crippen LogP contribution in [-0.4, -0.2) is 20.1 Å². The Morgan fingerprint density at radius 1 is 1.36 bits per heavy atom. The summed E-state index contributed by atoms with van der Waals surface area (Å²) >= 11 is 13.2. The van der Waals surface area contributed by atoms with Gasteiger partial charge in [-0.15, -0.1) is 11.3 Å². The highest BCUT2D eigenvalue weighted by atomic mass is 35.5. The maximum Gasteiger partial charge on any atom is 0.0989 e. The maximum atomic E-state index is 5.97. The summed E-state index contributed by atoms with van der Waals surface area (Å²) in [6, 6.07) is 1.92. The van der Waals surface area contributed by atoms with E-state index in [4.69, 9.17) is 23.2 Å². The first-order chi connectivity index (χ1) is 6.74. The number of hydrogen-bond donors (Lipinski definition) is 2. The van der Waals surface area contributed by atoms with Gasteiger partial charge in [0.1, 0.15) is 0 Å². The molecule has 0 saturated heterocycles. The van der Waals surface area contributed by atoms with Crippen molar-refractivity contribution < 1.29 is 0 Å². The molecule has 0 aliphatic carbocycles. The molecule has 0 amide bonds. The second-order valence-corrected chi connectivity index (χ2v) is 5.27. The molecule has 0 bridgehead atoms. The van der Waals surface area contributed by atoms with Crippen LogP contribution in [0.5, 0.6) is 0 Å². The second kappa shape index (κ2) is 6.64. The molecule has 0 unspecified atom stereocenters. The molecule has 0 aliphatic heterocycles. The van der Waals surface area contributed by atoms with Gasteiger partial charge in [0.15, 0.2) is 0 Å². The van der Waals surface area contributed by atoms with Crippen molar-refractivity contribution in [1.29, 1.82) is 0 Å². The van der Waals surface area contributed by atoms with Crippen LogP contribution in [0.15, 0.2) is 6.07 Å². The van der Waals surface area contributed by atoms with Gasteiger partial charge >= 0.3 is 0 Å².